The van der Waals surface area contributed by atoms with E-state index in [4.69, 9.17) is 4.74 Å². The van der Waals surface area contributed by atoms with Crippen LogP contribution in [0.3, 0.4) is 0 Å². The van der Waals surface area contributed by atoms with Gasteiger partial charge in [0, 0.05) is 23.0 Å². The van der Waals surface area contributed by atoms with Crippen LogP contribution in [0.2, 0.25) is 0 Å². The van der Waals surface area contributed by atoms with Gasteiger partial charge in [-0.25, -0.2) is 0 Å². The van der Waals surface area contributed by atoms with Crippen LogP contribution in [-0.2, 0) is 20.9 Å². The number of halogens is 1. The van der Waals surface area contributed by atoms with Crippen molar-refractivity contribution in [2.45, 2.75) is 51.8 Å². The predicted octanol–water partition coefficient (Wildman–Crippen LogP) is 3.99. The summed E-state index contributed by atoms with van der Waals surface area (Å²) in [6.45, 7) is 5.68. The first-order valence-corrected chi connectivity index (χ1v) is 10.5. The van der Waals surface area contributed by atoms with Gasteiger partial charge in [-0.1, -0.05) is 46.3 Å². The molecule has 6 nitrogen and oxygen atoms in total. The van der Waals surface area contributed by atoms with E-state index in [0.29, 0.717) is 12.1 Å². The SMILES string of the molecule is CC(C)(C)OC(=O)CC[C@H](NC(=O)c1ccc(Br)cc1)C(=O)NCc1ccccc1. The molecular weight excluding hydrogens is 448 g/mol. The van der Waals surface area contributed by atoms with Gasteiger partial charge in [-0.3, -0.25) is 14.4 Å². The molecule has 0 unspecified atom stereocenters. The fraction of sp³-hybridized carbons (Fsp3) is 0.348. The second kappa shape index (κ2) is 10.9. The Morgan fingerprint density at radius 3 is 2.23 bits per heavy atom. The highest BCUT2D eigenvalue weighted by molar-refractivity contribution is 9.10. The van der Waals surface area contributed by atoms with Gasteiger partial charge in [0.25, 0.3) is 5.91 Å². The molecule has 7 heteroatoms. The van der Waals surface area contributed by atoms with E-state index in [1.165, 1.54) is 0 Å². The van der Waals surface area contributed by atoms with E-state index in [-0.39, 0.29) is 24.7 Å². The zero-order chi connectivity index (χ0) is 22.1. The van der Waals surface area contributed by atoms with Crippen molar-refractivity contribution in [3.63, 3.8) is 0 Å². The van der Waals surface area contributed by atoms with Crippen molar-refractivity contribution in [2.24, 2.45) is 0 Å². The Hall–Kier alpha value is -2.67. The van der Waals surface area contributed by atoms with Crippen molar-refractivity contribution >= 4 is 33.7 Å². The van der Waals surface area contributed by atoms with Gasteiger partial charge in [0.05, 0.1) is 0 Å². The van der Waals surface area contributed by atoms with E-state index in [9.17, 15) is 14.4 Å². The van der Waals surface area contributed by atoms with Crippen LogP contribution in [0.15, 0.2) is 59.1 Å². The van der Waals surface area contributed by atoms with Crippen LogP contribution in [0.5, 0.6) is 0 Å². The normalized spacial score (nSPS) is 12.0. The monoisotopic (exact) mass is 474 g/mol. The molecule has 0 heterocycles. The van der Waals surface area contributed by atoms with Crippen molar-refractivity contribution in [1.82, 2.24) is 10.6 Å². The van der Waals surface area contributed by atoms with Gasteiger partial charge in [-0.2, -0.15) is 0 Å². The average Bonchev–Trinajstić information content (AvgIpc) is 2.69. The van der Waals surface area contributed by atoms with Crippen LogP contribution >= 0.6 is 15.9 Å². The summed E-state index contributed by atoms with van der Waals surface area (Å²) in [5.41, 5.74) is 0.760. The van der Waals surface area contributed by atoms with E-state index < -0.39 is 17.6 Å². The third-order valence-corrected chi connectivity index (χ3v) is 4.62. The molecule has 0 fully saturated rings. The van der Waals surface area contributed by atoms with Gasteiger partial charge in [0.1, 0.15) is 11.6 Å². The lowest BCUT2D eigenvalue weighted by atomic mass is 10.1. The highest BCUT2D eigenvalue weighted by atomic mass is 79.9. The lowest BCUT2D eigenvalue weighted by Gasteiger charge is -2.21. The summed E-state index contributed by atoms with van der Waals surface area (Å²) in [6.07, 6.45) is 0.152. The van der Waals surface area contributed by atoms with Gasteiger partial charge in [-0.05, 0) is 57.0 Å². The van der Waals surface area contributed by atoms with Gasteiger partial charge in [0.15, 0.2) is 0 Å². The van der Waals surface area contributed by atoms with Gasteiger partial charge >= 0.3 is 5.97 Å². The molecule has 2 aromatic carbocycles. The summed E-state index contributed by atoms with van der Waals surface area (Å²) in [6, 6.07) is 15.4. The van der Waals surface area contributed by atoms with Crippen LogP contribution in [-0.4, -0.2) is 29.4 Å². The Morgan fingerprint density at radius 2 is 1.63 bits per heavy atom. The Labute approximate surface area is 185 Å². The minimum atomic E-state index is -0.864. The number of amides is 2. The molecule has 1 atom stereocenters. The molecule has 160 valence electrons. The summed E-state index contributed by atoms with van der Waals surface area (Å²) in [7, 11) is 0. The average molecular weight is 475 g/mol. The highest BCUT2D eigenvalue weighted by Crippen LogP contribution is 2.13. The van der Waals surface area contributed by atoms with Crippen LogP contribution in [0.4, 0.5) is 0 Å². The molecule has 0 saturated heterocycles. The predicted molar refractivity (Wildman–Crippen MR) is 119 cm³/mol. The van der Waals surface area contributed by atoms with Crippen molar-refractivity contribution in [1.29, 1.82) is 0 Å². The molecule has 2 rings (SSSR count). The maximum absolute atomic E-state index is 12.7. The molecule has 2 aromatic rings. The Kier molecular flexibility index (Phi) is 8.59. The first-order chi connectivity index (χ1) is 14.1. The van der Waals surface area contributed by atoms with E-state index in [1.807, 2.05) is 30.3 Å². The van der Waals surface area contributed by atoms with E-state index in [2.05, 4.69) is 26.6 Å². The summed E-state index contributed by atoms with van der Waals surface area (Å²) in [4.78, 5) is 37.4. The minimum Gasteiger partial charge on any atom is -0.460 e. The zero-order valence-electron chi connectivity index (χ0n) is 17.4. The number of nitrogens with one attached hydrogen (secondary N) is 2. The van der Waals surface area contributed by atoms with Crippen LogP contribution in [0, 0.1) is 0 Å². The molecule has 0 spiro atoms. The fourth-order valence-corrected chi connectivity index (χ4v) is 2.94. The van der Waals surface area contributed by atoms with E-state index >= 15 is 0 Å². The number of ether oxygens (including phenoxy) is 1. The largest absolute Gasteiger partial charge is 0.460 e. The van der Waals surface area contributed by atoms with Crippen LogP contribution in [0.25, 0.3) is 0 Å². The van der Waals surface area contributed by atoms with Crippen molar-refractivity contribution in [2.75, 3.05) is 0 Å². The standard InChI is InChI=1S/C23H27BrN2O4/c1-23(2,3)30-20(27)14-13-19(22(29)25-15-16-7-5-4-6-8-16)26-21(28)17-9-11-18(24)12-10-17/h4-12,19H,13-15H2,1-3H3,(H,25,29)(H,26,28)/t19-/m0/s1. The molecule has 0 aliphatic rings. The van der Waals surface area contributed by atoms with Gasteiger partial charge < -0.3 is 15.4 Å². The molecule has 0 aromatic heterocycles. The number of benzene rings is 2. The summed E-state index contributed by atoms with van der Waals surface area (Å²) in [5, 5.41) is 5.56. The molecule has 0 aliphatic carbocycles. The summed E-state index contributed by atoms with van der Waals surface area (Å²) < 4.78 is 6.16. The second-order valence-corrected chi connectivity index (χ2v) is 8.78. The van der Waals surface area contributed by atoms with E-state index in [0.717, 1.165) is 10.0 Å². The fourth-order valence-electron chi connectivity index (χ4n) is 2.67. The number of esters is 1. The van der Waals surface area contributed by atoms with Crippen molar-refractivity contribution in [3.8, 4) is 0 Å². The number of carbonyl (C=O) groups excluding carboxylic acids is 3. The topological polar surface area (TPSA) is 84.5 Å². The van der Waals surface area contributed by atoms with Crippen molar-refractivity contribution in [3.05, 3.63) is 70.2 Å². The molecule has 0 bridgehead atoms. The Balaban J connectivity index is 2.04. The molecule has 30 heavy (non-hydrogen) atoms. The second-order valence-electron chi connectivity index (χ2n) is 7.86. The number of carbonyl (C=O) groups is 3. The smallest absolute Gasteiger partial charge is 0.306 e. The Morgan fingerprint density at radius 1 is 1.00 bits per heavy atom. The molecule has 2 N–H and O–H groups in total. The van der Waals surface area contributed by atoms with E-state index in [1.54, 1.807) is 45.0 Å². The lowest BCUT2D eigenvalue weighted by Crippen LogP contribution is -2.47. The molecular formula is C23H27BrN2O4. The zero-order valence-corrected chi connectivity index (χ0v) is 19.0. The maximum Gasteiger partial charge on any atom is 0.306 e. The minimum absolute atomic E-state index is 0.0152. The molecule has 0 saturated carbocycles. The summed E-state index contributed by atoms with van der Waals surface area (Å²) >= 11 is 3.33. The third-order valence-electron chi connectivity index (χ3n) is 4.09. The number of rotatable bonds is 8. The van der Waals surface area contributed by atoms with Crippen molar-refractivity contribution < 1.29 is 19.1 Å². The molecule has 2 amide bonds. The number of hydrogen-bond acceptors (Lipinski definition) is 4. The Bertz CT molecular complexity index is 861. The summed E-state index contributed by atoms with van der Waals surface area (Å²) in [5.74, 6) is -1.15. The molecule has 0 radical (unpaired) electrons. The quantitative estimate of drug-likeness (QED) is 0.566. The van der Waals surface area contributed by atoms with Gasteiger partial charge in [-0.15, -0.1) is 0 Å². The van der Waals surface area contributed by atoms with Crippen LogP contribution in [0.1, 0.15) is 49.5 Å². The highest BCUT2D eigenvalue weighted by Gasteiger charge is 2.24. The van der Waals surface area contributed by atoms with Gasteiger partial charge in [0.2, 0.25) is 5.91 Å². The number of hydrogen-bond donors (Lipinski definition) is 2. The first kappa shape index (κ1) is 23.6. The maximum atomic E-state index is 12.7. The third kappa shape index (κ3) is 8.37. The first-order valence-electron chi connectivity index (χ1n) is 9.74. The van der Waals surface area contributed by atoms with Crippen LogP contribution < -0.4 is 10.6 Å². The molecule has 0 aliphatic heterocycles. The lowest BCUT2D eigenvalue weighted by molar-refractivity contribution is -0.155.